The summed E-state index contributed by atoms with van der Waals surface area (Å²) in [6.07, 6.45) is 4.89. The van der Waals surface area contributed by atoms with Gasteiger partial charge in [-0.15, -0.1) is 0 Å². The number of fused-ring (bicyclic) bond motifs is 1. The molecule has 0 amide bonds. The van der Waals surface area contributed by atoms with Crippen LogP contribution >= 0.6 is 0 Å². The van der Waals surface area contributed by atoms with Gasteiger partial charge >= 0.3 is 0 Å². The molecule has 1 N–H and O–H groups in total. The van der Waals surface area contributed by atoms with Gasteiger partial charge in [0.1, 0.15) is 5.75 Å². The van der Waals surface area contributed by atoms with Crippen molar-refractivity contribution in [2.75, 3.05) is 13.2 Å². The Morgan fingerprint density at radius 3 is 2.76 bits per heavy atom. The number of nitriles is 1. The molecule has 1 fully saturated rings. The number of hydrogen-bond donors (Lipinski definition) is 1. The molecule has 3 heteroatoms. The molecule has 0 aromatic heterocycles. The van der Waals surface area contributed by atoms with E-state index in [4.69, 9.17) is 4.74 Å². The average molecular weight is 280 g/mol. The zero-order valence-electron chi connectivity index (χ0n) is 12.1. The average Bonchev–Trinajstić information content (AvgIpc) is 2.56. The second-order valence-corrected chi connectivity index (χ2v) is 5.55. The lowest BCUT2D eigenvalue weighted by Gasteiger charge is -2.23. The normalized spacial score (nSPS) is 18.3. The first-order valence-electron chi connectivity index (χ1n) is 7.66. The Balaban J connectivity index is 1.71. The fourth-order valence-electron chi connectivity index (χ4n) is 2.98. The van der Waals surface area contributed by atoms with Crippen molar-refractivity contribution in [2.45, 2.75) is 31.7 Å². The van der Waals surface area contributed by atoms with Gasteiger partial charge < -0.3 is 10.1 Å². The van der Waals surface area contributed by atoms with Crippen LogP contribution in [-0.2, 0) is 0 Å². The van der Waals surface area contributed by atoms with Crippen LogP contribution in [0.2, 0.25) is 0 Å². The topological polar surface area (TPSA) is 45.0 Å². The molecule has 3 rings (SSSR count). The molecule has 0 radical (unpaired) electrons. The summed E-state index contributed by atoms with van der Waals surface area (Å²) in [4.78, 5) is 0. The Morgan fingerprint density at radius 2 is 2.00 bits per heavy atom. The van der Waals surface area contributed by atoms with Crippen LogP contribution in [0, 0.1) is 11.3 Å². The molecule has 108 valence electrons. The monoisotopic (exact) mass is 280 g/mol. The van der Waals surface area contributed by atoms with Crippen LogP contribution < -0.4 is 10.1 Å². The molecule has 0 bridgehead atoms. The van der Waals surface area contributed by atoms with E-state index < -0.39 is 0 Å². The van der Waals surface area contributed by atoms with E-state index in [0.717, 1.165) is 29.5 Å². The van der Waals surface area contributed by atoms with Gasteiger partial charge in [-0.25, -0.2) is 0 Å². The molecule has 2 aromatic carbocycles. The summed E-state index contributed by atoms with van der Waals surface area (Å²) in [6.45, 7) is 1.85. The van der Waals surface area contributed by atoms with Crippen LogP contribution in [0.5, 0.6) is 5.75 Å². The largest absolute Gasteiger partial charge is 0.493 e. The smallest absolute Gasteiger partial charge is 0.127 e. The molecule has 0 aliphatic carbocycles. The number of hydrogen-bond acceptors (Lipinski definition) is 3. The molecule has 0 spiro atoms. The molecule has 21 heavy (non-hydrogen) atoms. The van der Waals surface area contributed by atoms with Gasteiger partial charge in [0.05, 0.1) is 18.2 Å². The Morgan fingerprint density at radius 1 is 1.14 bits per heavy atom. The second kappa shape index (κ2) is 6.60. The Kier molecular flexibility index (Phi) is 4.37. The van der Waals surface area contributed by atoms with Gasteiger partial charge in [0.15, 0.2) is 0 Å². The summed E-state index contributed by atoms with van der Waals surface area (Å²) in [7, 11) is 0. The van der Waals surface area contributed by atoms with Crippen molar-refractivity contribution < 1.29 is 4.74 Å². The molecule has 1 aliphatic rings. The van der Waals surface area contributed by atoms with E-state index in [-0.39, 0.29) is 0 Å². The molecule has 1 atom stereocenters. The van der Waals surface area contributed by atoms with Gasteiger partial charge in [-0.3, -0.25) is 0 Å². The van der Waals surface area contributed by atoms with E-state index in [9.17, 15) is 5.26 Å². The van der Waals surface area contributed by atoms with Crippen LogP contribution in [-0.4, -0.2) is 19.2 Å². The molecule has 1 unspecified atom stereocenters. The maximum absolute atomic E-state index is 9.17. The van der Waals surface area contributed by atoms with Gasteiger partial charge in [0.25, 0.3) is 0 Å². The molecule has 3 nitrogen and oxygen atoms in total. The molecule has 1 aliphatic heterocycles. The zero-order valence-corrected chi connectivity index (χ0v) is 12.1. The number of piperidine rings is 1. The minimum atomic E-state index is 0.586. The lowest BCUT2D eigenvalue weighted by molar-refractivity contribution is 0.270. The second-order valence-electron chi connectivity index (χ2n) is 5.55. The summed E-state index contributed by atoms with van der Waals surface area (Å²) in [5.41, 5.74) is 0.701. The molecule has 0 saturated carbocycles. The zero-order chi connectivity index (χ0) is 14.5. The molecule has 2 aromatic rings. The van der Waals surface area contributed by atoms with Crippen LogP contribution in [0.15, 0.2) is 36.4 Å². The fourth-order valence-corrected chi connectivity index (χ4v) is 2.98. The fraction of sp³-hybridized carbons (Fsp3) is 0.389. The summed E-state index contributed by atoms with van der Waals surface area (Å²) >= 11 is 0. The third-order valence-electron chi connectivity index (χ3n) is 4.14. The van der Waals surface area contributed by atoms with Crippen molar-refractivity contribution in [3.63, 3.8) is 0 Å². The van der Waals surface area contributed by atoms with Crippen molar-refractivity contribution >= 4 is 10.8 Å². The Labute approximate surface area is 125 Å². The standard InChI is InChI=1S/C18H20N2O/c19-13-14-8-9-18(17-7-2-1-6-16(14)17)21-12-10-15-5-3-4-11-20-15/h1-2,6-9,15,20H,3-5,10-12H2. The number of rotatable bonds is 4. The van der Waals surface area contributed by atoms with Crippen molar-refractivity contribution in [2.24, 2.45) is 0 Å². The van der Waals surface area contributed by atoms with Gasteiger partial charge in [0.2, 0.25) is 0 Å². The van der Waals surface area contributed by atoms with Crippen LogP contribution in [0.3, 0.4) is 0 Å². The van der Waals surface area contributed by atoms with Gasteiger partial charge in [-0.1, -0.05) is 30.7 Å². The first-order valence-corrected chi connectivity index (χ1v) is 7.66. The van der Waals surface area contributed by atoms with Crippen molar-refractivity contribution in [3.05, 3.63) is 42.0 Å². The lowest BCUT2D eigenvalue weighted by Crippen LogP contribution is -2.35. The number of benzene rings is 2. The van der Waals surface area contributed by atoms with E-state index in [0.29, 0.717) is 18.2 Å². The van der Waals surface area contributed by atoms with E-state index in [2.05, 4.69) is 11.4 Å². The predicted molar refractivity (Wildman–Crippen MR) is 84.4 cm³/mol. The third kappa shape index (κ3) is 3.17. The minimum absolute atomic E-state index is 0.586. The molecular weight excluding hydrogens is 260 g/mol. The summed E-state index contributed by atoms with van der Waals surface area (Å²) in [5.74, 6) is 0.875. The third-order valence-corrected chi connectivity index (χ3v) is 4.14. The predicted octanol–water partition coefficient (Wildman–Crippen LogP) is 3.62. The first-order chi connectivity index (χ1) is 10.4. The highest BCUT2D eigenvalue weighted by Crippen LogP contribution is 2.28. The highest BCUT2D eigenvalue weighted by atomic mass is 16.5. The maximum atomic E-state index is 9.17. The van der Waals surface area contributed by atoms with E-state index in [1.54, 1.807) is 0 Å². The summed E-state index contributed by atoms with van der Waals surface area (Å²) in [5, 5.41) is 14.7. The van der Waals surface area contributed by atoms with Crippen LogP contribution in [0.4, 0.5) is 0 Å². The highest BCUT2D eigenvalue weighted by molar-refractivity contribution is 5.92. The van der Waals surface area contributed by atoms with E-state index in [1.807, 2.05) is 36.4 Å². The quantitative estimate of drug-likeness (QED) is 0.930. The van der Waals surface area contributed by atoms with Crippen LogP contribution in [0.1, 0.15) is 31.2 Å². The first kappa shape index (κ1) is 13.9. The van der Waals surface area contributed by atoms with Gasteiger partial charge in [0, 0.05) is 16.8 Å². The Bertz CT molecular complexity index is 654. The van der Waals surface area contributed by atoms with Crippen molar-refractivity contribution in [1.29, 1.82) is 5.26 Å². The summed E-state index contributed by atoms with van der Waals surface area (Å²) < 4.78 is 5.97. The highest BCUT2D eigenvalue weighted by Gasteiger charge is 2.13. The molecule has 1 heterocycles. The SMILES string of the molecule is N#Cc1ccc(OCCC2CCCCN2)c2ccccc12. The number of ether oxygens (including phenoxy) is 1. The van der Waals surface area contributed by atoms with Crippen LogP contribution in [0.25, 0.3) is 10.8 Å². The summed E-state index contributed by atoms with van der Waals surface area (Å²) in [6, 6.07) is 14.5. The maximum Gasteiger partial charge on any atom is 0.127 e. The van der Waals surface area contributed by atoms with E-state index in [1.165, 1.54) is 19.3 Å². The lowest BCUT2D eigenvalue weighted by atomic mass is 10.0. The number of nitrogens with one attached hydrogen (secondary N) is 1. The molecule has 1 saturated heterocycles. The van der Waals surface area contributed by atoms with Crippen molar-refractivity contribution in [1.82, 2.24) is 5.32 Å². The number of nitrogens with zero attached hydrogens (tertiary/aromatic N) is 1. The van der Waals surface area contributed by atoms with E-state index >= 15 is 0 Å². The van der Waals surface area contributed by atoms with Gasteiger partial charge in [-0.05, 0) is 37.9 Å². The Hall–Kier alpha value is -2.05. The minimum Gasteiger partial charge on any atom is -0.493 e. The van der Waals surface area contributed by atoms with Crippen molar-refractivity contribution in [3.8, 4) is 11.8 Å². The van der Waals surface area contributed by atoms with Gasteiger partial charge in [-0.2, -0.15) is 5.26 Å². The molecular formula is C18H20N2O.